The van der Waals surface area contributed by atoms with E-state index < -0.39 is 18.9 Å². The van der Waals surface area contributed by atoms with Crippen molar-refractivity contribution in [3.63, 3.8) is 0 Å². The summed E-state index contributed by atoms with van der Waals surface area (Å²) >= 11 is 0. The van der Waals surface area contributed by atoms with Crippen molar-refractivity contribution >= 4 is 6.09 Å². The van der Waals surface area contributed by atoms with Crippen molar-refractivity contribution in [3.8, 4) is 0 Å². The van der Waals surface area contributed by atoms with Crippen LogP contribution in [0, 0.1) is 0 Å². The van der Waals surface area contributed by atoms with Crippen LogP contribution in [0.1, 0.15) is 12.8 Å². The van der Waals surface area contributed by atoms with Gasteiger partial charge in [0.1, 0.15) is 0 Å². The summed E-state index contributed by atoms with van der Waals surface area (Å²) < 4.78 is 39.3. The van der Waals surface area contributed by atoms with Crippen molar-refractivity contribution in [2.75, 3.05) is 19.7 Å². The molecule has 1 aliphatic heterocycles. The first kappa shape index (κ1) is 12.1. The number of nitrogens with zero attached hydrogens (tertiary/aromatic N) is 1. The van der Waals surface area contributed by atoms with E-state index in [9.17, 15) is 18.0 Å². The monoisotopic (exact) mass is 226 g/mol. The minimum absolute atomic E-state index is 0.169. The van der Waals surface area contributed by atoms with Crippen LogP contribution >= 0.6 is 0 Å². The third-order valence-electron chi connectivity index (χ3n) is 2.08. The molecule has 2 N–H and O–H groups in total. The second kappa shape index (κ2) is 4.69. The van der Waals surface area contributed by atoms with E-state index in [1.807, 2.05) is 0 Å². The van der Waals surface area contributed by atoms with Gasteiger partial charge in [0.15, 0.2) is 6.61 Å². The molecule has 1 rings (SSSR count). The zero-order valence-electron chi connectivity index (χ0n) is 8.09. The zero-order chi connectivity index (χ0) is 11.5. The van der Waals surface area contributed by atoms with Gasteiger partial charge in [-0.1, -0.05) is 0 Å². The van der Waals surface area contributed by atoms with E-state index in [1.54, 1.807) is 0 Å². The molecule has 15 heavy (non-hydrogen) atoms. The second-order valence-corrected chi connectivity index (χ2v) is 3.52. The van der Waals surface area contributed by atoms with Gasteiger partial charge in [-0.3, -0.25) is 0 Å². The molecule has 1 fully saturated rings. The normalized spacial score (nSPS) is 22.7. The molecule has 1 saturated heterocycles. The van der Waals surface area contributed by atoms with E-state index >= 15 is 0 Å². The van der Waals surface area contributed by atoms with E-state index in [-0.39, 0.29) is 12.6 Å². The lowest BCUT2D eigenvalue weighted by Crippen LogP contribution is -2.46. The van der Waals surface area contributed by atoms with Gasteiger partial charge in [-0.2, -0.15) is 13.2 Å². The summed E-state index contributed by atoms with van der Waals surface area (Å²) in [5.74, 6) is 0. The summed E-state index contributed by atoms with van der Waals surface area (Å²) in [6, 6.07) is -0.169. The molecule has 0 unspecified atom stereocenters. The van der Waals surface area contributed by atoms with Crippen LogP contribution in [-0.2, 0) is 4.74 Å². The number of carbonyl (C=O) groups excluding carboxylic acids is 1. The largest absolute Gasteiger partial charge is 0.440 e. The average molecular weight is 226 g/mol. The summed E-state index contributed by atoms with van der Waals surface area (Å²) in [5, 5.41) is 0. The zero-order valence-corrected chi connectivity index (χ0v) is 8.09. The first-order chi connectivity index (χ1) is 6.88. The number of amides is 1. The van der Waals surface area contributed by atoms with Gasteiger partial charge in [0, 0.05) is 19.1 Å². The van der Waals surface area contributed by atoms with Crippen molar-refractivity contribution in [1.29, 1.82) is 0 Å². The highest BCUT2D eigenvalue weighted by molar-refractivity contribution is 5.67. The Bertz CT molecular complexity index is 232. The standard InChI is InChI=1S/C8H13F3N2O2/c9-8(10,11)5-15-7(14)13-3-1-2-6(12)4-13/h6H,1-5,12H2/t6-/m0/s1. The molecule has 4 nitrogen and oxygen atoms in total. The highest BCUT2D eigenvalue weighted by Gasteiger charge is 2.31. The van der Waals surface area contributed by atoms with Gasteiger partial charge in [-0.15, -0.1) is 0 Å². The number of ether oxygens (including phenoxy) is 1. The fraction of sp³-hybridized carbons (Fsp3) is 0.875. The van der Waals surface area contributed by atoms with Crippen LogP contribution in [0.15, 0.2) is 0 Å². The molecule has 1 heterocycles. The molecule has 1 amide bonds. The van der Waals surface area contributed by atoms with Gasteiger partial charge in [0.25, 0.3) is 0 Å². The Morgan fingerprint density at radius 1 is 1.53 bits per heavy atom. The van der Waals surface area contributed by atoms with Crippen molar-refractivity contribution in [2.45, 2.75) is 25.1 Å². The van der Waals surface area contributed by atoms with Gasteiger partial charge in [0.05, 0.1) is 0 Å². The van der Waals surface area contributed by atoms with Crippen LogP contribution in [0.2, 0.25) is 0 Å². The number of likely N-dealkylation sites (tertiary alicyclic amines) is 1. The fourth-order valence-corrected chi connectivity index (χ4v) is 1.41. The number of alkyl halides is 3. The molecule has 7 heteroatoms. The number of hydrogen-bond donors (Lipinski definition) is 1. The molecular weight excluding hydrogens is 213 g/mol. The average Bonchev–Trinajstić information content (AvgIpc) is 2.13. The Kier molecular flexibility index (Phi) is 3.78. The van der Waals surface area contributed by atoms with Crippen LogP contribution in [0.3, 0.4) is 0 Å². The Hall–Kier alpha value is -0.980. The van der Waals surface area contributed by atoms with E-state index in [4.69, 9.17) is 5.73 Å². The number of hydrogen-bond acceptors (Lipinski definition) is 3. The quantitative estimate of drug-likeness (QED) is 0.728. The minimum Gasteiger partial charge on any atom is -0.440 e. The summed E-state index contributed by atoms with van der Waals surface area (Å²) in [5.41, 5.74) is 5.57. The number of carbonyl (C=O) groups is 1. The number of halogens is 3. The fourth-order valence-electron chi connectivity index (χ4n) is 1.41. The van der Waals surface area contributed by atoms with E-state index in [2.05, 4.69) is 4.74 Å². The summed E-state index contributed by atoms with van der Waals surface area (Å²) in [6.07, 6.45) is -3.94. The van der Waals surface area contributed by atoms with Crippen molar-refractivity contribution in [2.24, 2.45) is 5.73 Å². The predicted octanol–water partition coefficient (Wildman–Crippen LogP) is 1.11. The highest BCUT2D eigenvalue weighted by atomic mass is 19.4. The van der Waals surface area contributed by atoms with Gasteiger partial charge < -0.3 is 15.4 Å². The second-order valence-electron chi connectivity index (χ2n) is 3.52. The van der Waals surface area contributed by atoms with Crippen LogP contribution < -0.4 is 5.73 Å². The van der Waals surface area contributed by atoms with Crippen LogP contribution in [0.4, 0.5) is 18.0 Å². The Morgan fingerprint density at radius 2 is 2.20 bits per heavy atom. The molecule has 1 atom stereocenters. The third kappa shape index (κ3) is 4.37. The smallest absolute Gasteiger partial charge is 0.422 e. The predicted molar refractivity (Wildman–Crippen MR) is 46.2 cm³/mol. The Labute approximate surface area is 85.2 Å². The molecular formula is C8H13F3N2O2. The van der Waals surface area contributed by atoms with Crippen molar-refractivity contribution in [1.82, 2.24) is 4.90 Å². The molecule has 0 aromatic heterocycles. The lowest BCUT2D eigenvalue weighted by Gasteiger charge is -2.29. The molecule has 88 valence electrons. The third-order valence-corrected chi connectivity index (χ3v) is 2.08. The molecule has 0 saturated carbocycles. The maximum absolute atomic E-state index is 11.7. The molecule has 1 aliphatic rings. The Morgan fingerprint density at radius 3 is 2.73 bits per heavy atom. The van der Waals surface area contributed by atoms with Crippen molar-refractivity contribution < 1.29 is 22.7 Å². The molecule has 0 aromatic carbocycles. The SMILES string of the molecule is N[C@H]1CCCN(C(=O)OCC(F)(F)F)C1. The topological polar surface area (TPSA) is 55.6 Å². The summed E-state index contributed by atoms with van der Waals surface area (Å²) in [6.45, 7) is -0.876. The first-order valence-electron chi connectivity index (χ1n) is 4.62. The molecule has 0 radical (unpaired) electrons. The van der Waals surface area contributed by atoms with E-state index in [0.29, 0.717) is 13.0 Å². The minimum atomic E-state index is -4.48. The maximum atomic E-state index is 11.7. The van der Waals surface area contributed by atoms with Gasteiger partial charge in [-0.25, -0.2) is 4.79 Å². The van der Waals surface area contributed by atoms with Gasteiger partial charge in [0.2, 0.25) is 0 Å². The molecule has 0 aliphatic carbocycles. The highest BCUT2D eigenvalue weighted by Crippen LogP contribution is 2.16. The number of rotatable bonds is 1. The summed E-state index contributed by atoms with van der Waals surface area (Å²) in [7, 11) is 0. The number of piperidine rings is 1. The van der Waals surface area contributed by atoms with Crippen LogP contribution in [0.25, 0.3) is 0 Å². The van der Waals surface area contributed by atoms with Crippen molar-refractivity contribution in [3.05, 3.63) is 0 Å². The molecule has 0 spiro atoms. The lowest BCUT2D eigenvalue weighted by atomic mass is 10.1. The number of nitrogens with two attached hydrogens (primary N) is 1. The lowest BCUT2D eigenvalue weighted by molar-refractivity contribution is -0.162. The molecule has 0 bridgehead atoms. The maximum Gasteiger partial charge on any atom is 0.422 e. The van der Waals surface area contributed by atoms with Gasteiger partial charge >= 0.3 is 12.3 Å². The first-order valence-corrected chi connectivity index (χ1v) is 4.62. The van der Waals surface area contributed by atoms with E-state index in [1.165, 1.54) is 4.90 Å². The summed E-state index contributed by atoms with van der Waals surface area (Å²) in [4.78, 5) is 12.3. The van der Waals surface area contributed by atoms with Crippen LogP contribution in [-0.4, -0.2) is 42.9 Å². The van der Waals surface area contributed by atoms with Crippen LogP contribution in [0.5, 0.6) is 0 Å². The van der Waals surface area contributed by atoms with E-state index in [0.717, 1.165) is 6.42 Å². The Balaban J connectivity index is 2.33. The van der Waals surface area contributed by atoms with Gasteiger partial charge in [-0.05, 0) is 12.8 Å². The molecule has 0 aromatic rings.